The van der Waals surface area contributed by atoms with Gasteiger partial charge < -0.3 is 14.8 Å². The average molecular weight is 284 g/mol. The summed E-state index contributed by atoms with van der Waals surface area (Å²) < 4.78 is 11.5. The number of rotatable bonds is 5. The van der Waals surface area contributed by atoms with Crippen molar-refractivity contribution in [3.63, 3.8) is 0 Å². The molecule has 0 bridgehead atoms. The highest BCUT2D eigenvalue weighted by Gasteiger charge is 2.38. The van der Waals surface area contributed by atoms with Gasteiger partial charge in [0.15, 0.2) is 0 Å². The number of hydrogen-bond acceptors (Lipinski definition) is 4. The molecule has 2 rings (SSSR count). The lowest BCUT2D eigenvalue weighted by Crippen LogP contribution is -2.52. The first-order valence-corrected chi connectivity index (χ1v) is 8.09. The average Bonchev–Trinajstić information content (AvgIpc) is 2.85. The van der Waals surface area contributed by atoms with Crippen LogP contribution in [0.25, 0.3) is 0 Å². The number of nitrogens with zero attached hydrogens (tertiary/aromatic N) is 1. The Balaban J connectivity index is 1.91. The molecule has 2 unspecified atom stereocenters. The second-order valence-electron chi connectivity index (χ2n) is 7.54. The molecule has 0 saturated carbocycles. The van der Waals surface area contributed by atoms with Crippen molar-refractivity contribution in [3.05, 3.63) is 0 Å². The van der Waals surface area contributed by atoms with E-state index in [2.05, 4.69) is 37.9 Å². The SMILES string of the molecule is CCC1CN(CC2(CNC(C)(C)C)CCOC2)CCO1. The Kier molecular flexibility index (Phi) is 5.46. The van der Waals surface area contributed by atoms with Crippen molar-refractivity contribution in [1.29, 1.82) is 0 Å². The Bertz CT molecular complexity index is 295. The monoisotopic (exact) mass is 284 g/mol. The van der Waals surface area contributed by atoms with E-state index in [0.717, 1.165) is 52.4 Å². The molecule has 0 aromatic rings. The minimum atomic E-state index is 0.173. The zero-order valence-electron chi connectivity index (χ0n) is 13.7. The molecular weight excluding hydrogens is 252 g/mol. The van der Waals surface area contributed by atoms with E-state index in [0.29, 0.717) is 6.10 Å². The fourth-order valence-corrected chi connectivity index (χ4v) is 3.07. The van der Waals surface area contributed by atoms with E-state index in [9.17, 15) is 0 Å². The van der Waals surface area contributed by atoms with Crippen molar-refractivity contribution in [3.8, 4) is 0 Å². The molecular formula is C16H32N2O2. The van der Waals surface area contributed by atoms with Crippen LogP contribution in [0.3, 0.4) is 0 Å². The summed E-state index contributed by atoms with van der Waals surface area (Å²) in [5, 5.41) is 3.68. The predicted octanol–water partition coefficient (Wildman–Crippen LogP) is 1.89. The van der Waals surface area contributed by atoms with Crippen molar-refractivity contribution in [2.75, 3.05) is 46.0 Å². The van der Waals surface area contributed by atoms with Crippen LogP contribution < -0.4 is 5.32 Å². The third-order valence-corrected chi connectivity index (χ3v) is 4.42. The Labute approximate surface area is 124 Å². The first-order valence-electron chi connectivity index (χ1n) is 8.09. The lowest BCUT2D eigenvalue weighted by Gasteiger charge is -2.40. The molecule has 1 N–H and O–H groups in total. The first-order chi connectivity index (χ1) is 9.42. The highest BCUT2D eigenvalue weighted by Crippen LogP contribution is 2.30. The summed E-state index contributed by atoms with van der Waals surface area (Å²) >= 11 is 0. The van der Waals surface area contributed by atoms with Gasteiger partial charge in [0.25, 0.3) is 0 Å². The van der Waals surface area contributed by atoms with E-state index in [-0.39, 0.29) is 11.0 Å². The van der Waals surface area contributed by atoms with Gasteiger partial charge in [0.2, 0.25) is 0 Å². The third-order valence-electron chi connectivity index (χ3n) is 4.42. The molecule has 4 nitrogen and oxygen atoms in total. The highest BCUT2D eigenvalue weighted by atomic mass is 16.5. The van der Waals surface area contributed by atoms with Gasteiger partial charge in [-0.15, -0.1) is 0 Å². The molecule has 0 amide bonds. The van der Waals surface area contributed by atoms with E-state index in [1.807, 2.05) is 0 Å². The van der Waals surface area contributed by atoms with Crippen LogP contribution in [0, 0.1) is 5.41 Å². The van der Waals surface area contributed by atoms with Gasteiger partial charge in [0.05, 0.1) is 19.3 Å². The maximum atomic E-state index is 5.78. The Morgan fingerprint density at radius 1 is 1.30 bits per heavy atom. The van der Waals surface area contributed by atoms with E-state index in [1.165, 1.54) is 6.42 Å². The Morgan fingerprint density at radius 3 is 2.70 bits per heavy atom. The lowest BCUT2D eigenvalue weighted by atomic mass is 9.85. The number of ether oxygens (including phenoxy) is 2. The van der Waals surface area contributed by atoms with Gasteiger partial charge in [0, 0.05) is 43.7 Å². The summed E-state index contributed by atoms with van der Waals surface area (Å²) in [5.74, 6) is 0. The topological polar surface area (TPSA) is 33.7 Å². The van der Waals surface area contributed by atoms with Crippen molar-refractivity contribution in [2.45, 2.75) is 52.2 Å². The van der Waals surface area contributed by atoms with E-state index >= 15 is 0 Å². The highest BCUT2D eigenvalue weighted by molar-refractivity contribution is 4.91. The van der Waals surface area contributed by atoms with Crippen LogP contribution >= 0.6 is 0 Å². The van der Waals surface area contributed by atoms with Crippen molar-refractivity contribution in [1.82, 2.24) is 10.2 Å². The van der Waals surface area contributed by atoms with Crippen LogP contribution in [0.1, 0.15) is 40.5 Å². The van der Waals surface area contributed by atoms with Gasteiger partial charge in [-0.25, -0.2) is 0 Å². The molecule has 2 aliphatic rings. The van der Waals surface area contributed by atoms with Crippen LogP contribution in [-0.4, -0.2) is 62.5 Å². The molecule has 2 saturated heterocycles. The minimum Gasteiger partial charge on any atom is -0.381 e. The largest absolute Gasteiger partial charge is 0.381 e. The van der Waals surface area contributed by atoms with E-state index in [4.69, 9.17) is 9.47 Å². The minimum absolute atomic E-state index is 0.173. The molecule has 2 atom stereocenters. The summed E-state index contributed by atoms with van der Waals surface area (Å²) in [5.41, 5.74) is 0.454. The van der Waals surface area contributed by atoms with Crippen molar-refractivity contribution in [2.24, 2.45) is 5.41 Å². The molecule has 2 fully saturated rings. The summed E-state index contributed by atoms with van der Waals surface area (Å²) in [7, 11) is 0. The Hall–Kier alpha value is -0.160. The van der Waals surface area contributed by atoms with Crippen LogP contribution in [0.5, 0.6) is 0 Å². The standard InChI is InChI=1S/C16H32N2O2/c1-5-14-10-18(7-9-20-14)12-16(6-8-19-13-16)11-17-15(2,3)4/h14,17H,5-13H2,1-4H3. The van der Waals surface area contributed by atoms with Gasteiger partial charge in [-0.2, -0.15) is 0 Å². The predicted molar refractivity (Wildman–Crippen MR) is 82.1 cm³/mol. The molecule has 0 radical (unpaired) electrons. The zero-order valence-corrected chi connectivity index (χ0v) is 13.7. The van der Waals surface area contributed by atoms with E-state index in [1.54, 1.807) is 0 Å². The number of hydrogen-bond donors (Lipinski definition) is 1. The van der Waals surface area contributed by atoms with E-state index < -0.39 is 0 Å². The van der Waals surface area contributed by atoms with Gasteiger partial charge in [-0.1, -0.05) is 6.92 Å². The molecule has 0 spiro atoms. The summed E-state index contributed by atoms with van der Waals surface area (Å²) in [6.07, 6.45) is 2.70. The Morgan fingerprint density at radius 2 is 2.10 bits per heavy atom. The molecule has 0 aromatic heterocycles. The van der Waals surface area contributed by atoms with Crippen molar-refractivity contribution < 1.29 is 9.47 Å². The van der Waals surface area contributed by atoms with Crippen LogP contribution in [0.2, 0.25) is 0 Å². The molecule has 4 heteroatoms. The van der Waals surface area contributed by atoms with Gasteiger partial charge in [-0.3, -0.25) is 4.90 Å². The summed E-state index contributed by atoms with van der Waals surface area (Å²) in [4.78, 5) is 2.58. The normalized spacial score (nSPS) is 32.7. The van der Waals surface area contributed by atoms with Crippen LogP contribution in [0.15, 0.2) is 0 Å². The fraction of sp³-hybridized carbons (Fsp3) is 1.00. The third kappa shape index (κ3) is 4.69. The van der Waals surface area contributed by atoms with Gasteiger partial charge in [-0.05, 0) is 33.6 Å². The second kappa shape index (κ2) is 6.73. The second-order valence-corrected chi connectivity index (χ2v) is 7.54. The van der Waals surface area contributed by atoms with Crippen molar-refractivity contribution >= 4 is 0 Å². The van der Waals surface area contributed by atoms with Gasteiger partial charge >= 0.3 is 0 Å². The maximum Gasteiger partial charge on any atom is 0.0700 e. The van der Waals surface area contributed by atoms with Gasteiger partial charge in [0.1, 0.15) is 0 Å². The van der Waals surface area contributed by atoms with Crippen LogP contribution in [-0.2, 0) is 9.47 Å². The quantitative estimate of drug-likeness (QED) is 0.836. The summed E-state index contributed by atoms with van der Waals surface area (Å²) in [6.45, 7) is 15.9. The molecule has 2 heterocycles. The smallest absolute Gasteiger partial charge is 0.0700 e. The van der Waals surface area contributed by atoms with Crippen LogP contribution in [0.4, 0.5) is 0 Å². The maximum absolute atomic E-state index is 5.78. The molecule has 118 valence electrons. The fourth-order valence-electron chi connectivity index (χ4n) is 3.07. The summed E-state index contributed by atoms with van der Waals surface area (Å²) in [6, 6.07) is 0. The molecule has 20 heavy (non-hydrogen) atoms. The lowest BCUT2D eigenvalue weighted by molar-refractivity contribution is -0.0436. The first kappa shape index (κ1) is 16.2. The number of nitrogens with one attached hydrogen (secondary N) is 1. The zero-order chi connectivity index (χ0) is 14.6. The molecule has 2 aliphatic heterocycles. The molecule has 0 aromatic carbocycles. The number of morpholine rings is 1. The molecule has 0 aliphatic carbocycles.